The molecule has 0 amide bonds. The van der Waals surface area contributed by atoms with E-state index in [0.717, 1.165) is 18.4 Å². The Hall–Kier alpha value is -1.31. The van der Waals surface area contributed by atoms with E-state index in [4.69, 9.17) is 4.52 Å². The molecular formula is C11H13NO. The van der Waals surface area contributed by atoms with E-state index in [1.165, 1.54) is 16.5 Å². The van der Waals surface area contributed by atoms with Gasteiger partial charge in [0, 0.05) is 5.39 Å². The molecule has 0 radical (unpaired) electrons. The lowest BCUT2D eigenvalue weighted by Gasteiger charge is -2.00. The van der Waals surface area contributed by atoms with E-state index < -0.39 is 0 Å². The molecule has 68 valence electrons. The summed E-state index contributed by atoms with van der Waals surface area (Å²) < 4.78 is 5.23. The first-order valence-electron chi connectivity index (χ1n) is 4.72. The lowest BCUT2D eigenvalue weighted by atomic mass is 10.0. The van der Waals surface area contributed by atoms with E-state index in [1.807, 2.05) is 6.20 Å². The maximum Gasteiger partial charge on any atom is 0.170 e. The standard InChI is InChI=1S/C11H13NO/c1-3-8-5-6-9(4-2)11-10(8)7-12-13-11/h5-7H,3-4H2,1-2H3. The molecule has 2 nitrogen and oxygen atoms in total. The summed E-state index contributed by atoms with van der Waals surface area (Å²) in [6.45, 7) is 4.27. The molecule has 1 heterocycles. The molecule has 0 atom stereocenters. The van der Waals surface area contributed by atoms with Crippen molar-refractivity contribution in [1.29, 1.82) is 0 Å². The molecule has 0 N–H and O–H groups in total. The fourth-order valence-corrected chi connectivity index (χ4v) is 1.65. The van der Waals surface area contributed by atoms with Crippen LogP contribution in [0, 0.1) is 0 Å². The van der Waals surface area contributed by atoms with Gasteiger partial charge in [0.05, 0.1) is 6.20 Å². The van der Waals surface area contributed by atoms with E-state index >= 15 is 0 Å². The van der Waals surface area contributed by atoms with E-state index in [1.54, 1.807) is 0 Å². The summed E-state index contributed by atoms with van der Waals surface area (Å²) in [4.78, 5) is 0. The molecule has 0 aliphatic rings. The second kappa shape index (κ2) is 3.21. The van der Waals surface area contributed by atoms with Crippen molar-refractivity contribution in [3.05, 3.63) is 29.5 Å². The Labute approximate surface area is 77.5 Å². The maximum absolute atomic E-state index is 5.23. The first kappa shape index (κ1) is 8.30. The summed E-state index contributed by atoms with van der Waals surface area (Å²) in [6, 6.07) is 4.30. The molecule has 0 bridgehead atoms. The minimum absolute atomic E-state index is 0.960. The average Bonchev–Trinajstić information content (AvgIpc) is 2.64. The molecule has 0 unspecified atom stereocenters. The summed E-state index contributed by atoms with van der Waals surface area (Å²) in [5, 5.41) is 5.01. The number of aromatic nitrogens is 1. The van der Waals surface area contributed by atoms with Gasteiger partial charge in [0.2, 0.25) is 0 Å². The average molecular weight is 175 g/mol. The maximum atomic E-state index is 5.23. The zero-order chi connectivity index (χ0) is 9.26. The third-order valence-electron chi connectivity index (χ3n) is 2.46. The number of hydrogen-bond acceptors (Lipinski definition) is 2. The van der Waals surface area contributed by atoms with E-state index in [2.05, 4.69) is 31.1 Å². The third-order valence-corrected chi connectivity index (χ3v) is 2.46. The molecule has 2 rings (SSSR count). The van der Waals surface area contributed by atoms with E-state index in [9.17, 15) is 0 Å². The van der Waals surface area contributed by atoms with Crippen LogP contribution in [0.5, 0.6) is 0 Å². The normalized spacial score (nSPS) is 10.9. The topological polar surface area (TPSA) is 26.0 Å². The molecule has 2 heteroatoms. The van der Waals surface area contributed by atoms with Crippen molar-refractivity contribution >= 4 is 11.0 Å². The lowest BCUT2D eigenvalue weighted by Crippen LogP contribution is -1.85. The van der Waals surface area contributed by atoms with Crippen LogP contribution in [-0.4, -0.2) is 5.16 Å². The fraction of sp³-hybridized carbons (Fsp3) is 0.364. The molecule has 1 aromatic carbocycles. The van der Waals surface area contributed by atoms with Gasteiger partial charge in [0.1, 0.15) is 0 Å². The monoisotopic (exact) mass is 175 g/mol. The number of nitrogens with zero attached hydrogens (tertiary/aromatic N) is 1. The van der Waals surface area contributed by atoms with Gasteiger partial charge in [0.15, 0.2) is 5.58 Å². The van der Waals surface area contributed by atoms with Crippen LogP contribution in [-0.2, 0) is 12.8 Å². The summed E-state index contributed by atoms with van der Waals surface area (Å²) in [6.07, 6.45) is 3.84. The highest BCUT2D eigenvalue weighted by Crippen LogP contribution is 2.23. The molecule has 0 aliphatic heterocycles. The highest BCUT2D eigenvalue weighted by Gasteiger charge is 2.07. The van der Waals surface area contributed by atoms with Crippen LogP contribution >= 0.6 is 0 Å². The van der Waals surface area contributed by atoms with Crippen LogP contribution in [0.25, 0.3) is 11.0 Å². The molecular weight excluding hydrogens is 162 g/mol. The summed E-state index contributed by atoms with van der Waals surface area (Å²) in [5.74, 6) is 0. The van der Waals surface area contributed by atoms with Crippen LogP contribution < -0.4 is 0 Å². The second-order valence-corrected chi connectivity index (χ2v) is 3.16. The number of benzene rings is 1. The smallest absolute Gasteiger partial charge is 0.170 e. The molecule has 0 saturated carbocycles. The zero-order valence-electron chi connectivity index (χ0n) is 8.00. The van der Waals surface area contributed by atoms with Gasteiger partial charge < -0.3 is 4.52 Å². The highest BCUT2D eigenvalue weighted by molar-refractivity contribution is 5.82. The predicted octanol–water partition coefficient (Wildman–Crippen LogP) is 2.95. The van der Waals surface area contributed by atoms with E-state index in [-0.39, 0.29) is 0 Å². The van der Waals surface area contributed by atoms with Crippen LogP contribution in [0.15, 0.2) is 22.9 Å². The van der Waals surface area contributed by atoms with Crippen molar-refractivity contribution in [1.82, 2.24) is 5.16 Å². The Kier molecular flexibility index (Phi) is 2.05. The van der Waals surface area contributed by atoms with Gasteiger partial charge in [-0.15, -0.1) is 0 Å². The molecule has 0 saturated heterocycles. The quantitative estimate of drug-likeness (QED) is 0.701. The number of fused-ring (bicyclic) bond motifs is 1. The first-order valence-corrected chi connectivity index (χ1v) is 4.72. The number of aryl methyl sites for hydroxylation is 2. The second-order valence-electron chi connectivity index (χ2n) is 3.16. The molecule has 2 aromatic rings. The Morgan fingerprint density at radius 3 is 2.54 bits per heavy atom. The van der Waals surface area contributed by atoms with Crippen LogP contribution in [0.1, 0.15) is 25.0 Å². The van der Waals surface area contributed by atoms with Crippen LogP contribution in [0.3, 0.4) is 0 Å². The SMILES string of the molecule is CCc1ccc(CC)c2oncc12. The van der Waals surface area contributed by atoms with Gasteiger partial charge in [-0.3, -0.25) is 0 Å². The van der Waals surface area contributed by atoms with Crippen molar-refractivity contribution in [3.8, 4) is 0 Å². The van der Waals surface area contributed by atoms with Gasteiger partial charge >= 0.3 is 0 Å². The van der Waals surface area contributed by atoms with Gasteiger partial charge in [-0.2, -0.15) is 0 Å². The summed E-state index contributed by atoms with van der Waals surface area (Å²) >= 11 is 0. The molecule has 1 aromatic heterocycles. The fourth-order valence-electron chi connectivity index (χ4n) is 1.65. The van der Waals surface area contributed by atoms with Gasteiger partial charge in [-0.25, -0.2) is 0 Å². The van der Waals surface area contributed by atoms with Crippen molar-refractivity contribution in [2.24, 2.45) is 0 Å². The molecule has 0 spiro atoms. The van der Waals surface area contributed by atoms with Crippen molar-refractivity contribution in [2.75, 3.05) is 0 Å². The Bertz CT molecular complexity index is 379. The first-order chi connectivity index (χ1) is 6.36. The molecule has 0 fully saturated rings. The van der Waals surface area contributed by atoms with Gasteiger partial charge in [-0.1, -0.05) is 31.1 Å². The molecule has 0 aliphatic carbocycles. The van der Waals surface area contributed by atoms with Crippen molar-refractivity contribution in [3.63, 3.8) is 0 Å². The molecule has 13 heavy (non-hydrogen) atoms. The van der Waals surface area contributed by atoms with Gasteiger partial charge in [0.25, 0.3) is 0 Å². The predicted molar refractivity (Wildman–Crippen MR) is 52.8 cm³/mol. The number of hydrogen-bond donors (Lipinski definition) is 0. The summed E-state index contributed by atoms with van der Waals surface area (Å²) in [7, 11) is 0. The third kappa shape index (κ3) is 1.22. The minimum Gasteiger partial charge on any atom is -0.356 e. The van der Waals surface area contributed by atoms with Crippen molar-refractivity contribution < 1.29 is 4.52 Å². The van der Waals surface area contributed by atoms with Gasteiger partial charge in [-0.05, 0) is 24.0 Å². The Morgan fingerprint density at radius 2 is 1.85 bits per heavy atom. The minimum atomic E-state index is 0.960. The largest absolute Gasteiger partial charge is 0.356 e. The number of rotatable bonds is 2. The van der Waals surface area contributed by atoms with Crippen LogP contribution in [0.2, 0.25) is 0 Å². The Balaban J connectivity index is 2.74. The summed E-state index contributed by atoms with van der Waals surface area (Å²) in [5.41, 5.74) is 3.51. The van der Waals surface area contributed by atoms with E-state index in [0.29, 0.717) is 0 Å². The Morgan fingerprint density at radius 1 is 1.15 bits per heavy atom. The van der Waals surface area contributed by atoms with Crippen molar-refractivity contribution in [2.45, 2.75) is 26.7 Å². The lowest BCUT2D eigenvalue weighted by molar-refractivity contribution is 0.454. The highest BCUT2D eigenvalue weighted by atomic mass is 16.5. The van der Waals surface area contributed by atoms with Crippen LogP contribution in [0.4, 0.5) is 0 Å². The zero-order valence-corrected chi connectivity index (χ0v) is 8.00.